The normalized spacial score (nSPS) is 22.0. The molecule has 0 unspecified atom stereocenters. The van der Waals surface area contributed by atoms with Crippen LogP contribution in [0.15, 0.2) is 36.5 Å². The number of likely N-dealkylation sites (tertiary alicyclic amines) is 1. The van der Waals surface area contributed by atoms with Crippen LogP contribution in [0.4, 0.5) is 4.79 Å². The number of carbonyl (C=O) groups is 3. The molecular formula is C18H19N4O4+. The lowest BCUT2D eigenvalue weighted by Crippen LogP contribution is -2.78. The number of nitrogens with one attached hydrogen (secondary N) is 2. The fourth-order valence-corrected chi connectivity index (χ4v) is 4.09. The third-order valence-electron chi connectivity index (χ3n) is 5.31. The van der Waals surface area contributed by atoms with Gasteiger partial charge in [-0.25, -0.2) is 10.0 Å². The number of carbonyl (C=O) groups excluding carboxylic acids is 3. The summed E-state index contributed by atoms with van der Waals surface area (Å²) in [7, 11) is 0. The summed E-state index contributed by atoms with van der Waals surface area (Å²) in [6, 6.07) is 8.10. The molecule has 0 spiro atoms. The Morgan fingerprint density at radius 1 is 0.962 bits per heavy atom. The summed E-state index contributed by atoms with van der Waals surface area (Å²) in [5.41, 5.74) is -1.88. The van der Waals surface area contributed by atoms with Crippen molar-refractivity contribution in [3.8, 4) is 0 Å². The number of hydrogen-bond donors (Lipinski definition) is 3. The number of amides is 4. The quantitative estimate of drug-likeness (QED) is 0.554. The fourth-order valence-electron chi connectivity index (χ4n) is 4.09. The zero-order valence-electron chi connectivity index (χ0n) is 14.1. The number of fused-ring (bicyclic) bond motifs is 1. The van der Waals surface area contributed by atoms with Gasteiger partial charge in [-0.05, 0) is 30.7 Å². The molecule has 26 heavy (non-hydrogen) atoms. The Morgan fingerprint density at radius 3 is 2.31 bits per heavy atom. The van der Waals surface area contributed by atoms with Crippen molar-refractivity contribution in [3.05, 3.63) is 42.2 Å². The number of piperidine rings is 1. The standard InChI is InChI=1S/C18H18N4O4/c23-15-18(16(24)21-17(25)20-15,22(26)10-4-1-5-11-22)14-13-7-3-2-6-12(13)8-9-19-14/h2-3,6-9,26H,1,4-5,10-11H2,(H-,20,21,23,24,25)/p+1. The van der Waals surface area contributed by atoms with Crippen molar-refractivity contribution in [3.63, 3.8) is 0 Å². The van der Waals surface area contributed by atoms with E-state index >= 15 is 0 Å². The van der Waals surface area contributed by atoms with Crippen LogP contribution in [0.25, 0.3) is 10.8 Å². The van der Waals surface area contributed by atoms with E-state index in [-0.39, 0.29) is 18.8 Å². The molecule has 8 nitrogen and oxygen atoms in total. The van der Waals surface area contributed by atoms with Crippen molar-refractivity contribution in [2.75, 3.05) is 13.1 Å². The maximum atomic E-state index is 13.1. The third-order valence-corrected chi connectivity index (χ3v) is 5.31. The highest BCUT2D eigenvalue weighted by Crippen LogP contribution is 2.40. The van der Waals surface area contributed by atoms with Gasteiger partial charge >= 0.3 is 23.4 Å². The number of pyridine rings is 1. The summed E-state index contributed by atoms with van der Waals surface area (Å²) in [5.74, 6) is -1.70. The molecule has 4 rings (SSSR count). The first kappa shape index (κ1) is 16.6. The molecule has 134 valence electrons. The molecule has 1 aromatic heterocycles. The van der Waals surface area contributed by atoms with Gasteiger partial charge in [-0.15, -0.1) is 0 Å². The fraction of sp³-hybridized carbons (Fsp3) is 0.333. The molecule has 0 radical (unpaired) electrons. The van der Waals surface area contributed by atoms with E-state index in [1.54, 1.807) is 18.2 Å². The van der Waals surface area contributed by atoms with Crippen LogP contribution in [0.5, 0.6) is 0 Å². The topological polar surface area (TPSA) is 108 Å². The van der Waals surface area contributed by atoms with Crippen molar-refractivity contribution < 1.29 is 24.2 Å². The van der Waals surface area contributed by atoms with E-state index in [1.165, 1.54) is 6.20 Å². The molecule has 0 bridgehead atoms. The number of hydroxylamine groups is 3. The minimum atomic E-state index is -2.03. The average Bonchev–Trinajstić information content (AvgIpc) is 2.62. The summed E-state index contributed by atoms with van der Waals surface area (Å²) < 4.78 is -0.793. The largest absolute Gasteiger partial charge is 0.329 e. The first-order valence-corrected chi connectivity index (χ1v) is 8.60. The molecular weight excluding hydrogens is 336 g/mol. The van der Waals surface area contributed by atoms with E-state index in [0.717, 1.165) is 11.8 Å². The predicted octanol–water partition coefficient (Wildman–Crippen LogP) is 1.19. The molecule has 8 heteroatoms. The van der Waals surface area contributed by atoms with Crippen LogP contribution in [-0.4, -0.2) is 45.8 Å². The second kappa shape index (κ2) is 5.86. The van der Waals surface area contributed by atoms with Gasteiger partial charge in [0.1, 0.15) is 18.8 Å². The van der Waals surface area contributed by atoms with E-state index in [2.05, 4.69) is 15.6 Å². The zero-order valence-corrected chi connectivity index (χ0v) is 14.1. The minimum Gasteiger partial charge on any atom is -0.271 e. The van der Waals surface area contributed by atoms with Crippen LogP contribution in [0.1, 0.15) is 25.0 Å². The Bertz CT molecular complexity index is 895. The third kappa shape index (κ3) is 2.16. The number of imide groups is 2. The smallest absolute Gasteiger partial charge is 0.271 e. The molecule has 2 aromatic rings. The Balaban J connectivity index is 2.04. The summed E-state index contributed by atoms with van der Waals surface area (Å²) in [6.07, 6.45) is 3.74. The number of urea groups is 1. The number of nitrogens with zero attached hydrogens (tertiary/aromatic N) is 2. The van der Waals surface area contributed by atoms with Crippen LogP contribution in [0.2, 0.25) is 0 Å². The van der Waals surface area contributed by atoms with Gasteiger partial charge in [0.15, 0.2) is 0 Å². The SMILES string of the molecule is O=C1NC(=O)C(c2nccc3ccccc23)([N+]2(O)CCCCC2)C(=O)N1. The first-order chi connectivity index (χ1) is 12.5. The van der Waals surface area contributed by atoms with Gasteiger partial charge in [-0.2, -0.15) is 4.65 Å². The van der Waals surface area contributed by atoms with E-state index in [0.29, 0.717) is 18.2 Å². The van der Waals surface area contributed by atoms with Gasteiger partial charge in [-0.1, -0.05) is 24.3 Å². The summed E-state index contributed by atoms with van der Waals surface area (Å²) >= 11 is 0. The van der Waals surface area contributed by atoms with Crippen LogP contribution < -0.4 is 10.6 Å². The maximum Gasteiger partial charge on any atom is 0.329 e. The molecule has 1 aromatic carbocycles. The second-order valence-electron chi connectivity index (χ2n) is 6.76. The first-order valence-electron chi connectivity index (χ1n) is 8.60. The van der Waals surface area contributed by atoms with E-state index in [9.17, 15) is 19.6 Å². The van der Waals surface area contributed by atoms with Crippen molar-refractivity contribution in [1.82, 2.24) is 15.6 Å². The lowest BCUT2D eigenvalue weighted by Gasteiger charge is -2.47. The predicted molar refractivity (Wildman–Crippen MR) is 90.7 cm³/mol. The number of benzene rings is 1. The Labute approximate surface area is 149 Å². The molecule has 0 saturated carbocycles. The zero-order chi connectivity index (χ0) is 18.4. The van der Waals surface area contributed by atoms with E-state index in [1.807, 2.05) is 12.1 Å². The summed E-state index contributed by atoms with van der Waals surface area (Å²) in [6.45, 7) is 0.444. The van der Waals surface area contributed by atoms with Crippen molar-refractivity contribution in [1.29, 1.82) is 0 Å². The number of hydrogen-bond acceptors (Lipinski definition) is 5. The maximum absolute atomic E-state index is 13.1. The molecule has 2 aliphatic rings. The summed E-state index contributed by atoms with van der Waals surface area (Å²) in [4.78, 5) is 42.2. The van der Waals surface area contributed by atoms with Gasteiger partial charge < -0.3 is 0 Å². The molecule has 3 heterocycles. The average molecular weight is 355 g/mol. The van der Waals surface area contributed by atoms with Crippen LogP contribution in [-0.2, 0) is 15.1 Å². The Kier molecular flexibility index (Phi) is 3.74. The number of aromatic nitrogens is 1. The molecule has 3 N–H and O–H groups in total. The molecule has 4 amide bonds. The van der Waals surface area contributed by atoms with Gasteiger partial charge in [0.25, 0.3) is 0 Å². The van der Waals surface area contributed by atoms with Gasteiger partial charge in [0.2, 0.25) is 0 Å². The molecule has 2 fully saturated rings. The lowest BCUT2D eigenvalue weighted by molar-refractivity contribution is -1.13. The molecule has 0 atom stereocenters. The van der Waals surface area contributed by atoms with Crippen molar-refractivity contribution in [2.24, 2.45) is 0 Å². The number of rotatable bonds is 2. The second-order valence-corrected chi connectivity index (χ2v) is 6.76. The van der Waals surface area contributed by atoms with Gasteiger partial charge in [0, 0.05) is 11.6 Å². The summed E-state index contributed by atoms with van der Waals surface area (Å²) in [5, 5.41) is 17.2. The number of quaternary nitrogens is 1. The molecule has 0 aliphatic carbocycles. The van der Waals surface area contributed by atoms with Crippen LogP contribution in [0.3, 0.4) is 0 Å². The lowest BCUT2D eigenvalue weighted by atomic mass is 9.83. The van der Waals surface area contributed by atoms with Gasteiger partial charge in [0.05, 0.1) is 0 Å². The monoisotopic (exact) mass is 355 g/mol. The highest BCUT2D eigenvalue weighted by Gasteiger charge is 2.69. The molecule has 2 aliphatic heterocycles. The highest BCUT2D eigenvalue weighted by molar-refractivity contribution is 6.22. The minimum absolute atomic E-state index is 0.155. The van der Waals surface area contributed by atoms with Crippen molar-refractivity contribution in [2.45, 2.75) is 24.8 Å². The van der Waals surface area contributed by atoms with Gasteiger partial charge in [-0.3, -0.25) is 25.2 Å². The van der Waals surface area contributed by atoms with Crippen LogP contribution >= 0.6 is 0 Å². The van der Waals surface area contributed by atoms with E-state index in [4.69, 9.17) is 0 Å². The Hall–Kier alpha value is -2.84. The number of barbiturate groups is 1. The van der Waals surface area contributed by atoms with Crippen LogP contribution in [0, 0.1) is 0 Å². The Morgan fingerprint density at radius 2 is 1.62 bits per heavy atom. The molecule has 2 saturated heterocycles. The van der Waals surface area contributed by atoms with E-state index < -0.39 is 28.0 Å². The van der Waals surface area contributed by atoms with Crippen molar-refractivity contribution >= 4 is 28.6 Å². The highest BCUT2D eigenvalue weighted by atomic mass is 16.6.